The summed E-state index contributed by atoms with van der Waals surface area (Å²) in [6, 6.07) is 20.0. The normalized spacial score (nSPS) is 10.8. The topological polar surface area (TPSA) is 69.0 Å². The first-order valence-electron chi connectivity index (χ1n) is 11.0. The van der Waals surface area contributed by atoms with Gasteiger partial charge in [0, 0.05) is 36.4 Å². The van der Waals surface area contributed by atoms with E-state index in [9.17, 15) is 13.6 Å². The second kappa shape index (κ2) is 11.6. The number of thioether (sulfide) groups is 1. The minimum Gasteiger partial charge on any atom is -0.496 e. The van der Waals surface area contributed by atoms with Gasteiger partial charge in [-0.25, -0.2) is 8.78 Å². The number of carbonyl (C=O) groups is 1. The monoisotopic (exact) mass is 494 g/mol. The van der Waals surface area contributed by atoms with Gasteiger partial charge in [-0.05, 0) is 42.0 Å². The Morgan fingerprint density at radius 2 is 1.69 bits per heavy atom. The number of aryl methyl sites for hydroxylation is 1. The first-order valence-corrected chi connectivity index (χ1v) is 12.0. The van der Waals surface area contributed by atoms with Crippen LogP contribution in [0, 0.1) is 11.6 Å². The van der Waals surface area contributed by atoms with Gasteiger partial charge in [0.15, 0.2) is 5.16 Å². The number of amides is 1. The van der Waals surface area contributed by atoms with Gasteiger partial charge < -0.3 is 10.1 Å². The van der Waals surface area contributed by atoms with Crippen LogP contribution < -0.4 is 10.1 Å². The molecule has 4 aromatic rings. The van der Waals surface area contributed by atoms with Crippen molar-refractivity contribution in [1.29, 1.82) is 0 Å². The second-order valence-corrected chi connectivity index (χ2v) is 8.62. The van der Waals surface area contributed by atoms with Gasteiger partial charge in [0.2, 0.25) is 5.91 Å². The van der Waals surface area contributed by atoms with Crippen molar-refractivity contribution in [3.05, 3.63) is 101 Å². The van der Waals surface area contributed by atoms with Gasteiger partial charge in [0.25, 0.3) is 0 Å². The Morgan fingerprint density at radius 1 is 0.971 bits per heavy atom. The Morgan fingerprint density at radius 3 is 2.43 bits per heavy atom. The van der Waals surface area contributed by atoms with E-state index in [-0.39, 0.29) is 24.0 Å². The number of nitrogens with zero attached hydrogens (tertiary/aromatic N) is 3. The van der Waals surface area contributed by atoms with Crippen molar-refractivity contribution >= 4 is 17.7 Å². The van der Waals surface area contributed by atoms with Crippen LogP contribution in [0.15, 0.2) is 78.0 Å². The number of halogens is 2. The lowest BCUT2D eigenvalue weighted by Gasteiger charge is -2.11. The summed E-state index contributed by atoms with van der Waals surface area (Å²) in [7, 11) is 1.59. The molecule has 0 radical (unpaired) electrons. The van der Waals surface area contributed by atoms with Crippen molar-refractivity contribution in [3.63, 3.8) is 0 Å². The summed E-state index contributed by atoms with van der Waals surface area (Å²) in [5, 5.41) is 12.0. The summed E-state index contributed by atoms with van der Waals surface area (Å²) in [5.74, 6) is 0.816. The highest BCUT2D eigenvalue weighted by atomic mass is 32.2. The van der Waals surface area contributed by atoms with Crippen LogP contribution in [0.2, 0.25) is 0 Å². The van der Waals surface area contributed by atoms with Crippen LogP contribution in [-0.4, -0.2) is 27.8 Å². The molecule has 1 amide bonds. The molecule has 0 saturated heterocycles. The SMILES string of the molecule is COc1ccccc1CNC(=O)CCc1nnc(SCc2ccccc2F)n1-c1ccc(F)cc1. The number of benzene rings is 3. The standard InChI is InChI=1S/C26H24F2N4O2S/c1-34-23-9-5-3-6-18(23)16-29-25(33)15-14-24-30-31-26(32(24)21-12-10-20(27)11-13-21)35-17-19-7-2-4-8-22(19)28/h2-13H,14-17H2,1H3,(H,29,33). The van der Waals surface area contributed by atoms with Crippen molar-refractivity contribution in [2.75, 3.05) is 7.11 Å². The third kappa shape index (κ3) is 6.24. The molecule has 35 heavy (non-hydrogen) atoms. The van der Waals surface area contributed by atoms with Crippen LogP contribution in [0.5, 0.6) is 5.75 Å². The summed E-state index contributed by atoms with van der Waals surface area (Å²) in [6.07, 6.45) is 0.509. The third-order valence-electron chi connectivity index (χ3n) is 5.34. The molecule has 0 fully saturated rings. The molecular formula is C26H24F2N4O2S. The smallest absolute Gasteiger partial charge is 0.220 e. The van der Waals surface area contributed by atoms with Gasteiger partial charge in [-0.1, -0.05) is 48.2 Å². The van der Waals surface area contributed by atoms with Gasteiger partial charge in [0.1, 0.15) is 23.2 Å². The van der Waals surface area contributed by atoms with Crippen LogP contribution in [0.1, 0.15) is 23.4 Å². The molecule has 0 saturated carbocycles. The summed E-state index contributed by atoms with van der Waals surface area (Å²) >= 11 is 1.32. The molecule has 1 aromatic heterocycles. The number of methoxy groups -OCH3 is 1. The quantitative estimate of drug-likeness (QED) is 0.311. The van der Waals surface area contributed by atoms with Gasteiger partial charge in [-0.15, -0.1) is 10.2 Å². The average molecular weight is 495 g/mol. The molecular weight excluding hydrogens is 470 g/mol. The van der Waals surface area contributed by atoms with E-state index in [1.807, 2.05) is 24.3 Å². The van der Waals surface area contributed by atoms with Crippen molar-refractivity contribution in [2.45, 2.75) is 30.3 Å². The predicted molar refractivity (Wildman–Crippen MR) is 130 cm³/mol. The fourth-order valence-corrected chi connectivity index (χ4v) is 4.48. The van der Waals surface area contributed by atoms with E-state index in [4.69, 9.17) is 4.74 Å². The Hall–Kier alpha value is -3.72. The molecule has 0 aliphatic rings. The zero-order valence-corrected chi connectivity index (χ0v) is 19.9. The molecule has 4 rings (SSSR count). The Balaban J connectivity index is 1.47. The lowest BCUT2D eigenvalue weighted by Crippen LogP contribution is -2.23. The lowest BCUT2D eigenvalue weighted by atomic mass is 10.2. The number of hydrogen-bond acceptors (Lipinski definition) is 5. The molecule has 6 nitrogen and oxygen atoms in total. The number of para-hydroxylation sites is 1. The van der Waals surface area contributed by atoms with E-state index in [1.54, 1.807) is 42.0 Å². The summed E-state index contributed by atoms with van der Waals surface area (Å²) in [6.45, 7) is 0.344. The zero-order valence-electron chi connectivity index (χ0n) is 19.1. The average Bonchev–Trinajstić information content (AvgIpc) is 3.29. The minimum absolute atomic E-state index is 0.148. The Labute approximate surface area is 206 Å². The molecule has 9 heteroatoms. The maximum atomic E-state index is 14.1. The molecule has 1 N–H and O–H groups in total. The molecule has 180 valence electrons. The Bertz CT molecular complexity index is 1290. The number of nitrogens with one attached hydrogen (secondary N) is 1. The van der Waals surface area contributed by atoms with E-state index < -0.39 is 0 Å². The van der Waals surface area contributed by atoms with Crippen LogP contribution in [0.3, 0.4) is 0 Å². The van der Waals surface area contributed by atoms with E-state index in [0.29, 0.717) is 46.7 Å². The zero-order chi connectivity index (χ0) is 24.6. The number of ether oxygens (including phenoxy) is 1. The van der Waals surface area contributed by atoms with Gasteiger partial charge >= 0.3 is 0 Å². The van der Waals surface area contributed by atoms with Gasteiger partial charge in [-0.3, -0.25) is 9.36 Å². The van der Waals surface area contributed by atoms with Crippen molar-refractivity contribution in [2.24, 2.45) is 0 Å². The van der Waals surface area contributed by atoms with E-state index in [1.165, 1.54) is 30.0 Å². The van der Waals surface area contributed by atoms with Crippen LogP contribution in [-0.2, 0) is 23.5 Å². The lowest BCUT2D eigenvalue weighted by molar-refractivity contribution is -0.121. The first-order chi connectivity index (χ1) is 17.0. The van der Waals surface area contributed by atoms with Crippen LogP contribution in [0.4, 0.5) is 8.78 Å². The third-order valence-corrected chi connectivity index (χ3v) is 6.32. The molecule has 3 aromatic carbocycles. The second-order valence-electron chi connectivity index (χ2n) is 7.68. The predicted octanol–water partition coefficient (Wildman–Crippen LogP) is 5.10. The van der Waals surface area contributed by atoms with Crippen LogP contribution >= 0.6 is 11.8 Å². The molecule has 0 unspecified atom stereocenters. The highest BCUT2D eigenvalue weighted by molar-refractivity contribution is 7.98. The van der Waals surface area contributed by atoms with Gasteiger partial charge in [0.05, 0.1) is 7.11 Å². The molecule has 0 atom stereocenters. The molecule has 0 aliphatic heterocycles. The van der Waals surface area contributed by atoms with E-state index in [0.717, 1.165) is 5.56 Å². The fraction of sp³-hybridized carbons (Fsp3) is 0.192. The highest BCUT2D eigenvalue weighted by Gasteiger charge is 2.17. The Kier molecular flexibility index (Phi) is 8.10. The highest BCUT2D eigenvalue weighted by Crippen LogP contribution is 2.27. The summed E-state index contributed by atoms with van der Waals surface area (Å²) in [5.41, 5.74) is 2.09. The van der Waals surface area contributed by atoms with E-state index >= 15 is 0 Å². The van der Waals surface area contributed by atoms with Crippen molar-refractivity contribution in [1.82, 2.24) is 20.1 Å². The molecule has 0 bridgehead atoms. The summed E-state index contributed by atoms with van der Waals surface area (Å²) < 4.78 is 34.7. The molecule has 1 heterocycles. The number of aromatic nitrogens is 3. The van der Waals surface area contributed by atoms with E-state index in [2.05, 4.69) is 15.5 Å². The molecule has 0 spiro atoms. The molecule has 0 aliphatic carbocycles. The maximum Gasteiger partial charge on any atom is 0.220 e. The number of hydrogen-bond donors (Lipinski definition) is 1. The first kappa shape index (κ1) is 24.4. The summed E-state index contributed by atoms with van der Waals surface area (Å²) in [4.78, 5) is 12.5. The number of carbonyl (C=O) groups excluding carboxylic acids is 1. The van der Waals surface area contributed by atoms with Crippen molar-refractivity contribution in [3.8, 4) is 11.4 Å². The van der Waals surface area contributed by atoms with Crippen molar-refractivity contribution < 1.29 is 18.3 Å². The minimum atomic E-state index is -0.361. The maximum absolute atomic E-state index is 14.1. The largest absolute Gasteiger partial charge is 0.496 e. The van der Waals surface area contributed by atoms with Gasteiger partial charge in [-0.2, -0.15) is 0 Å². The number of rotatable bonds is 10. The van der Waals surface area contributed by atoms with Crippen LogP contribution in [0.25, 0.3) is 5.69 Å². The fourth-order valence-electron chi connectivity index (χ4n) is 3.52.